The number of hydrogen-bond donors (Lipinski definition) is 2. The molecule has 3 rings (SSSR count). The molecule has 0 bridgehead atoms. The van der Waals surface area contributed by atoms with E-state index < -0.39 is 6.09 Å². The summed E-state index contributed by atoms with van der Waals surface area (Å²) in [5.74, 6) is 0.336. The van der Waals surface area contributed by atoms with E-state index in [1.165, 1.54) is 17.9 Å². The minimum atomic E-state index is -0.562. The van der Waals surface area contributed by atoms with Gasteiger partial charge in [-0.05, 0) is 37.3 Å². The molecule has 2 heterocycles. The number of nitrogens with two attached hydrogens (primary N) is 1. The van der Waals surface area contributed by atoms with Gasteiger partial charge < -0.3 is 15.8 Å². The molecule has 8 nitrogen and oxygen atoms in total. The molecule has 0 atom stereocenters. The van der Waals surface area contributed by atoms with Gasteiger partial charge in [0.2, 0.25) is 0 Å². The van der Waals surface area contributed by atoms with E-state index in [9.17, 15) is 9.59 Å². The number of nitrogen functional groups attached to an aromatic ring is 1. The number of alkyl carbamates (subject to hydrolysis) is 1. The summed E-state index contributed by atoms with van der Waals surface area (Å²) in [6.45, 7) is 1.92. The lowest BCUT2D eigenvalue weighted by molar-refractivity contribution is 0.0962. The van der Waals surface area contributed by atoms with Crippen LogP contribution in [0.1, 0.15) is 21.9 Å². The Labute approximate surface area is 143 Å². The summed E-state index contributed by atoms with van der Waals surface area (Å²) in [4.78, 5) is 32.6. The SMILES string of the molecule is COC(=O)NCc1cc(C(=O)n2c(C)nc3cc(N)ccc32)ccn1. The first-order valence-corrected chi connectivity index (χ1v) is 7.55. The lowest BCUT2D eigenvalue weighted by atomic mass is 10.2. The molecule has 128 valence electrons. The van der Waals surface area contributed by atoms with E-state index in [0.29, 0.717) is 33.8 Å². The summed E-state index contributed by atoms with van der Waals surface area (Å²) in [5, 5.41) is 2.53. The highest BCUT2D eigenvalue weighted by Crippen LogP contribution is 2.20. The number of amides is 1. The molecule has 8 heteroatoms. The second-order valence-corrected chi connectivity index (χ2v) is 5.43. The number of ether oxygens (including phenoxy) is 1. The van der Waals surface area contributed by atoms with Crippen molar-refractivity contribution in [2.75, 3.05) is 12.8 Å². The molecule has 0 saturated heterocycles. The van der Waals surface area contributed by atoms with Crippen molar-refractivity contribution in [3.05, 3.63) is 53.6 Å². The van der Waals surface area contributed by atoms with E-state index in [4.69, 9.17) is 5.73 Å². The molecule has 0 spiro atoms. The van der Waals surface area contributed by atoms with Gasteiger partial charge in [0.25, 0.3) is 5.91 Å². The Bertz CT molecular complexity index is 964. The van der Waals surface area contributed by atoms with Crippen LogP contribution >= 0.6 is 0 Å². The van der Waals surface area contributed by atoms with Crippen LogP contribution in [0, 0.1) is 6.92 Å². The summed E-state index contributed by atoms with van der Waals surface area (Å²) < 4.78 is 6.04. The quantitative estimate of drug-likeness (QED) is 0.705. The first-order chi connectivity index (χ1) is 12.0. The number of nitrogens with one attached hydrogen (secondary N) is 1. The topological polar surface area (TPSA) is 112 Å². The maximum atomic E-state index is 12.9. The van der Waals surface area contributed by atoms with Gasteiger partial charge in [0, 0.05) is 17.4 Å². The van der Waals surface area contributed by atoms with Crippen molar-refractivity contribution in [1.29, 1.82) is 0 Å². The highest BCUT2D eigenvalue weighted by molar-refractivity contribution is 6.02. The Kier molecular flexibility index (Phi) is 4.34. The number of rotatable bonds is 3. The summed E-state index contributed by atoms with van der Waals surface area (Å²) in [6.07, 6.45) is 0.959. The smallest absolute Gasteiger partial charge is 0.407 e. The van der Waals surface area contributed by atoms with Gasteiger partial charge in [0.1, 0.15) is 5.82 Å². The van der Waals surface area contributed by atoms with Crippen LogP contribution < -0.4 is 11.1 Å². The number of pyridine rings is 1. The van der Waals surface area contributed by atoms with Gasteiger partial charge in [0.15, 0.2) is 0 Å². The van der Waals surface area contributed by atoms with Crippen molar-refractivity contribution in [2.24, 2.45) is 0 Å². The molecule has 0 radical (unpaired) electrons. The molecule has 1 amide bonds. The van der Waals surface area contributed by atoms with Crippen LogP contribution in [-0.2, 0) is 11.3 Å². The average Bonchev–Trinajstić information content (AvgIpc) is 2.94. The van der Waals surface area contributed by atoms with Crippen molar-refractivity contribution in [3.8, 4) is 0 Å². The van der Waals surface area contributed by atoms with E-state index in [1.807, 2.05) is 0 Å². The summed E-state index contributed by atoms with van der Waals surface area (Å²) >= 11 is 0. The summed E-state index contributed by atoms with van der Waals surface area (Å²) in [5.41, 5.74) is 8.69. The fourth-order valence-corrected chi connectivity index (χ4v) is 2.55. The average molecular weight is 339 g/mol. The molecular weight excluding hydrogens is 322 g/mol. The first-order valence-electron chi connectivity index (χ1n) is 7.55. The van der Waals surface area contributed by atoms with E-state index >= 15 is 0 Å². The number of imidazole rings is 1. The zero-order chi connectivity index (χ0) is 18.0. The van der Waals surface area contributed by atoms with Gasteiger partial charge >= 0.3 is 6.09 Å². The van der Waals surface area contributed by atoms with Gasteiger partial charge in [-0.25, -0.2) is 9.78 Å². The molecule has 3 N–H and O–H groups in total. The van der Waals surface area contributed by atoms with E-state index in [0.717, 1.165) is 0 Å². The van der Waals surface area contributed by atoms with Gasteiger partial charge in [-0.1, -0.05) is 0 Å². The van der Waals surface area contributed by atoms with Crippen molar-refractivity contribution in [3.63, 3.8) is 0 Å². The maximum absolute atomic E-state index is 12.9. The normalized spacial score (nSPS) is 10.6. The van der Waals surface area contributed by atoms with Crippen LogP contribution in [0.25, 0.3) is 11.0 Å². The molecule has 0 aliphatic carbocycles. The Hall–Kier alpha value is -3.42. The lowest BCUT2D eigenvalue weighted by Gasteiger charge is -2.08. The molecule has 2 aromatic heterocycles. The maximum Gasteiger partial charge on any atom is 0.407 e. The van der Waals surface area contributed by atoms with Crippen LogP contribution in [0.2, 0.25) is 0 Å². The third kappa shape index (κ3) is 3.27. The number of methoxy groups -OCH3 is 1. The number of carbonyl (C=O) groups excluding carboxylic acids is 2. The molecular formula is C17H17N5O3. The third-order valence-corrected chi connectivity index (χ3v) is 3.71. The number of benzene rings is 1. The van der Waals surface area contributed by atoms with Crippen molar-refractivity contribution < 1.29 is 14.3 Å². The minimum Gasteiger partial charge on any atom is -0.453 e. The molecule has 0 aliphatic rings. The number of hydrogen-bond acceptors (Lipinski definition) is 6. The number of fused-ring (bicyclic) bond motifs is 1. The largest absolute Gasteiger partial charge is 0.453 e. The monoisotopic (exact) mass is 339 g/mol. The Morgan fingerprint density at radius 2 is 2.08 bits per heavy atom. The predicted octanol–water partition coefficient (Wildman–Crippen LogP) is 1.87. The fraction of sp³-hybridized carbons (Fsp3) is 0.176. The van der Waals surface area contributed by atoms with Crippen LogP contribution in [0.15, 0.2) is 36.5 Å². The van der Waals surface area contributed by atoms with E-state index in [1.54, 1.807) is 37.3 Å². The zero-order valence-corrected chi connectivity index (χ0v) is 13.8. The first kappa shape index (κ1) is 16.4. The number of aryl methyl sites for hydroxylation is 1. The molecule has 0 unspecified atom stereocenters. The summed E-state index contributed by atoms with van der Waals surface area (Å²) in [6, 6.07) is 8.47. The van der Waals surface area contributed by atoms with E-state index in [2.05, 4.69) is 20.0 Å². The highest BCUT2D eigenvalue weighted by atomic mass is 16.5. The van der Waals surface area contributed by atoms with Crippen LogP contribution in [0.4, 0.5) is 10.5 Å². The second kappa shape index (κ2) is 6.60. The minimum absolute atomic E-state index is 0.161. The van der Waals surface area contributed by atoms with Gasteiger partial charge in [-0.15, -0.1) is 0 Å². The Balaban J connectivity index is 1.94. The van der Waals surface area contributed by atoms with Gasteiger partial charge in [-0.2, -0.15) is 0 Å². The van der Waals surface area contributed by atoms with E-state index in [-0.39, 0.29) is 12.5 Å². The van der Waals surface area contributed by atoms with Crippen molar-refractivity contribution in [1.82, 2.24) is 19.9 Å². The number of aromatic nitrogens is 3. The van der Waals surface area contributed by atoms with Crippen LogP contribution in [0.5, 0.6) is 0 Å². The molecule has 3 aromatic rings. The van der Waals surface area contributed by atoms with Gasteiger partial charge in [0.05, 0.1) is 30.4 Å². The predicted molar refractivity (Wildman–Crippen MR) is 92.1 cm³/mol. The standard InChI is InChI=1S/C17H17N5O3/c1-10-21-14-8-12(18)3-4-15(14)22(10)16(23)11-5-6-19-13(7-11)9-20-17(24)25-2/h3-8H,9,18H2,1-2H3,(H,20,24). The molecule has 1 aromatic carbocycles. The molecule has 0 aliphatic heterocycles. The zero-order valence-electron chi connectivity index (χ0n) is 13.8. The van der Waals surface area contributed by atoms with Crippen LogP contribution in [-0.4, -0.2) is 33.6 Å². The fourth-order valence-electron chi connectivity index (χ4n) is 2.55. The van der Waals surface area contributed by atoms with Crippen molar-refractivity contribution in [2.45, 2.75) is 13.5 Å². The Morgan fingerprint density at radius 3 is 2.84 bits per heavy atom. The molecule has 0 fully saturated rings. The lowest BCUT2D eigenvalue weighted by Crippen LogP contribution is -2.23. The van der Waals surface area contributed by atoms with Gasteiger partial charge in [-0.3, -0.25) is 14.3 Å². The number of anilines is 1. The van der Waals surface area contributed by atoms with Crippen molar-refractivity contribution >= 4 is 28.7 Å². The number of nitrogens with zero attached hydrogens (tertiary/aromatic N) is 3. The highest BCUT2D eigenvalue weighted by Gasteiger charge is 2.17. The molecule has 0 saturated carbocycles. The number of carbonyl (C=O) groups is 2. The summed E-state index contributed by atoms with van der Waals surface area (Å²) in [7, 11) is 1.28. The second-order valence-electron chi connectivity index (χ2n) is 5.43. The third-order valence-electron chi connectivity index (χ3n) is 3.71. The Morgan fingerprint density at radius 1 is 1.28 bits per heavy atom. The molecule has 25 heavy (non-hydrogen) atoms. The van der Waals surface area contributed by atoms with Crippen LogP contribution in [0.3, 0.4) is 0 Å².